The van der Waals surface area contributed by atoms with Crippen molar-refractivity contribution in [3.8, 4) is 0 Å². The molecule has 4 rings (SSSR count). The fourth-order valence-corrected chi connectivity index (χ4v) is 5.86. The maximum absolute atomic E-state index is 13.8. The Bertz CT molecular complexity index is 1270. The zero-order valence-corrected chi connectivity index (χ0v) is 20.2. The number of carbonyl (C=O) groups is 1. The highest BCUT2D eigenvalue weighted by Crippen LogP contribution is 2.38. The number of sulfone groups is 1. The van der Waals surface area contributed by atoms with Gasteiger partial charge in [-0.3, -0.25) is 9.78 Å². The maximum Gasteiger partial charge on any atom is 0.310 e. The number of carbonyl (C=O) groups excluding carboxylic acids is 1. The minimum absolute atomic E-state index is 0.177. The summed E-state index contributed by atoms with van der Waals surface area (Å²) in [7, 11) is -3.82. The van der Waals surface area contributed by atoms with E-state index in [0.717, 1.165) is 41.3 Å². The molecule has 0 bridgehead atoms. The van der Waals surface area contributed by atoms with Crippen LogP contribution in [0.5, 0.6) is 0 Å². The van der Waals surface area contributed by atoms with E-state index in [4.69, 9.17) is 4.74 Å². The van der Waals surface area contributed by atoms with Crippen LogP contribution in [-0.2, 0) is 25.8 Å². The second-order valence-corrected chi connectivity index (χ2v) is 10.4. The third kappa shape index (κ3) is 4.60. The lowest BCUT2D eigenvalue weighted by Gasteiger charge is -2.35. The number of ether oxygens (including phenoxy) is 1. The Hall–Kier alpha value is -2.93. The molecule has 7 heteroatoms. The van der Waals surface area contributed by atoms with Crippen LogP contribution in [0, 0.1) is 12.8 Å². The summed E-state index contributed by atoms with van der Waals surface area (Å²) in [6, 6.07) is 12.9. The number of hydrogen-bond acceptors (Lipinski definition) is 6. The average molecular weight is 467 g/mol. The molecule has 1 saturated heterocycles. The van der Waals surface area contributed by atoms with Crippen molar-refractivity contribution in [2.75, 3.05) is 24.6 Å². The van der Waals surface area contributed by atoms with Gasteiger partial charge in [0.05, 0.1) is 28.6 Å². The lowest BCUT2D eigenvalue weighted by molar-refractivity contribution is -0.148. The van der Waals surface area contributed by atoms with Gasteiger partial charge in [-0.05, 0) is 62.9 Å². The summed E-state index contributed by atoms with van der Waals surface area (Å²) < 4.78 is 32.8. The third-order valence-electron chi connectivity index (χ3n) is 6.26. The first kappa shape index (κ1) is 23.2. The Kier molecular flexibility index (Phi) is 6.70. The van der Waals surface area contributed by atoms with E-state index >= 15 is 0 Å². The van der Waals surface area contributed by atoms with Crippen LogP contribution in [-0.4, -0.2) is 39.1 Å². The Morgan fingerprint density at radius 2 is 1.91 bits per heavy atom. The van der Waals surface area contributed by atoms with Crippen molar-refractivity contribution in [1.29, 1.82) is 0 Å². The van der Waals surface area contributed by atoms with E-state index in [1.165, 1.54) is 6.20 Å². The second-order valence-electron chi connectivity index (χ2n) is 8.53. The molecule has 0 unspecified atom stereocenters. The number of anilines is 1. The van der Waals surface area contributed by atoms with Crippen LogP contribution in [0.2, 0.25) is 0 Å². The van der Waals surface area contributed by atoms with E-state index in [0.29, 0.717) is 25.4 Å². The number of pyridine rings is 1. The minimum Gasteiger partial charge on any atom is -0.466 e. The van der Waals surface area contributed by atoms with Gasteiger partial charge in [0.15, 0.2) is 0 Å². The number of nitrogens with zero attached hydrogens (tertiary/aromatic N) is 2. The molecule has 1 aliphatic rings. The van der Waals surface area contributed by atoms with Crippen LogP contribution in [0.3, 0.4) is 0 Å². The van der Waals surface area contributed by atoms with E-state index in [1.807, 2.05) is 30.0 Å². The molecule has 0 radical (unpaired) electrons. The number of hydrogen-bond donors (Lipinski definition) is 0. The predicted molar refractivity (Wildman–Crippen MR) is 129 cm³/mol. The molecule has 0 aliphatic carbocycles. The van der Waals surface area contributed by atoms with Crippen molar-refractivity contribution in [3.63, 3.8) is 0 Å². The fourth-order valence-electron chi connectivity index (χ4n) is 4.43. The lowest BCUT2D eigenvalue weighted by atomic mass is 9.97. The van der Waals surface area contributed by atoms with Crippen molar-refractivity contribution in [2.45, 2.75) is 49.8 Å². The quantitative estimate of drug-likeness (QED) is 0.490. The highest BCUT2D eigenvalue weighted by Gasteiger charge is 2.32. The van der Waals surface area contributed by atoms with Gasteiger partial charge in [0.1, 0.15) is 4.90 Å². The van der Waals surface area contributed by atoms with Crippen LogP contribution in [0.1, 0.15) is 37.8 Å². The van der Waals surface area contributed by atoms with Gasteiger partial charge in [-0.1, -0.05) is 30.7 Å². The monoisotopic (exact) mass is 466 g/mol. The molecule has 2 aromatic carbocycles. The SMILES string of the molecule is CCOC(=O)[C@@H]1CCCN(c2c(S(=O)(=O)c3ccc(C)cc3)cnc3ccc(CC)cc23)C1. The van der Waals surface area contributed by atoms with Crippen molar-refractivity contribution in [2.24, 2.45) is 5.92 Å². The van der Waals surface area contributed by atoms with Crippen molar-refractivity contribution in [3.05, 3.63) is 59.8 Å². The molecule has 0 N–H and O–H groups in total. The third-order valence-corrected chi connectivity index (χ3v) is 8.03. The molecule has 1 aromatic heterocycles. The molecular formula is C26H30N2O4S. The van der Waals surface area contributed by atoms with Gasteiger partial charge >= 0.3 is 5.97 Å². The first-order valence-corrected chi connectivity index (χ1v) is 13.0. The van der Waals surface area contributed by atoms with Gasteiger partial charge in [0.2, 0.25) is 9.84 Å². The summed E-state index contributed by atoms with van der Waals surface area (Å²) in [5.41, 5.74) is 3.47. The van der Waals surface area contributed by atoms with Crippen molar-refractivity contribution >= 4 is 32.4 Å². The largest absolute Gasteiger partial charge is 0.466 e. The van der Waals surface area contributed by atoms with Gasteiger partial charge in [-0.25, -0.2) is 8.42 Å². The summed E-state index contributed by atoms with van der Waals surface area (Å²) in [6.45, 7) is 7.22. The molecule has 174 valence electrons. The zero-order chi connectivity index (χ0) is 23.6. The minimum atomic E-state index is -3.82. The molecule has 0 spiro atoms. The standard InChI is InChI=1S/C26H30N2O4S/c1-4-19-10-13-23-22(15-19)25(28-14-6-7-20(17-28)26(29)32-5-2)24(16-27-23)33(30,31)21-11-8-18(3)9-12-21/h8-13,15-16,20H,4-7,14,17H2,1-3H3/t20-/m1/s1. The summed E-state index contributed by atoms with van der Waals surface area (Å²) in [5, 5.41) is 0.798. The van der Waals surface area contributed by atoms with Crippen LogP contribution >= 0.6 is 0 Å². The highest BCUT2D eigenvalue weighted by atomic mass is 32.2. The molecule has 33 heavy (non-hydrogen) atoms. The molecular weight excluding hydrogens is 436 g/mol. The number of benzene rings is 2. The highest BCUT2D eigenvalue weighted by molar-refractivity contribution is 7.91. The number of fused-ring (bicyclic) bond motifs is 1. The number of esters is 1. The molecule has 1 fully saturated rings. The maximum atomic E-state index is 13.8. The van der Waals surface area contributed by atoms with Gasteiger partial charge in [-0.15, -0.1) is 0 Å². The summed E-state index contributed by atoms with van der Waals surface area (Å²) in [5.74, 6) is -0.510. The second kappa shape index (κ2) is 9.51. The average Bonchev–Trinajstić information content (AvgIpc) is 2.83. The number of rotatable bonds is 6. The van der Waals surface area contributed by atoms with Crippen LogP contribution in [0.4, 0.5) is 5.69 Å². The number of aryl methyl sites for hydroxylation is 2. The number of aromatic nitrogens is 1. The zero-order valence-electron chi connectivity index (χ0n) is 19.4. The summed E-state index contributed by atoms with van der Waals surface area (Å²) >= 11 is 0. The first-order chi connectivity index (χ1) is 15.8. The van der Waals surface area contributed by atoms with Crippen molar-refractivity contribution < 1.29 is 17.9 Å². The Balaban J connectivity index is 1.90. The van der Waals surface area contributed by atoms with Gasteiger partial charge in [0.25, 0.3) is 0 Å². The van der Waals surface area contributed by atoms with Gasteiger partial charge < -0.3 is 9.64 Å². The molecule has 0 saturated carbocycles. The van der Waals surface area contributed by atoms with Crippen LogP contribution in [0.15, 0.2) is 58.5 Å². The lowest BCUT2D eigenvalue weighted by Crippen LogP contribution is -2.40. The Morgan fingerprint density at radius 1 is 1.15 bits per heavy atom. The smallest absolute Gasteiger partial charge is 0.310 e. The van der Waals surface area contributed by atoms with Gasteiger partial charge in [-0.2, -0.15) is 0 Å². The number of piperidine rings is 1. The molecule has 6 nitrogen and oxygen atoms in total. The first-order valence-electron chi connectivity index (χ1n) is 11.5. The normalized spacial score (nSPS) is 16.7. The molecule has 3 aromatic rings. The van der Waals surface area contributed by atoms with Crippen LogP contribution < -0.4 is 4.90 Å². The van der Waals surface area contributed by atoms with Crippen molar-refractivity contribution in [1.82, 2.24) is 4.98 Å². The summed E-state index contributed by atoms with van der Waals surface area (Å²) in [4.78, 5) is 19.5. The van der Waals surface area contributed by atoms with E-state index in [1.54, 1.807) is 31.2 Å². The fraction of sp³-hybridized carbons (Fsp3) is 0.385. The molecule has 1 atom stereocenters. The Morgan fingerprint density at radius 3 is 2.61 bits per heavy atom. The van der Waals surface area contributed by atoms with E-state index < -0.39 is 9.84 Å². The molecule has 1 aliphatic heterocycles. The van der Waals surface area contributed by atoms with E-state index in [2.05, 4.69) is 11.9 Å². The topological polar surface area (TPSA) is 76.6 Å². The predicted octanol–water partition coefficient (Wildman–Crippen LogP) is 4.72. The van der Waals surface area contributed by atoms with E-state index in [-0.39, 0.29) is 21.7 Å². The van der Waals surface area contributed by atoms with E-state index in [9.17, 15) is 13.2 Å². The Labute approximate surface area is 195 Å². The molecule has 0 amide bonds. The molecule has 2 heterocycles. The summed E-state index contributed by atoms with van der Waals surface area (Å²) in [6.07, 6.45) is 3.81. The van der Waals surface area contributed by atoms with Crippen LogP contribution in [0.25, 0.3) is 10.9 Å². The van der Waals surface area contributed by atoms with Gasteiger partial charge in [0, 0.05) is 24.7 Å².